The zero-order valence-electron chi connectivity index (χ0n) is 12.0. The molecule has 1 aliphatic heterocycles. The highest BCUT2D eigenvalue weighted by Gasteiger charge is 2.13. The van der Waals surface area contributed by atoms with Gasteiger partial charge in [-0.25, -0.2) is 9.78 Å². The van der Waals surface area contributed by atoms with E-state index < -0.39 is 5.97 Å². The molecule has 20 heavy (non-hydrogen) atoms. The van der Waals surface area contributed by atoms with Crippen LogP contribution in [0, 0.1) is 0 Å². The fourth-order valence-corrected chi connectivity index (χ4v) is 3.32. The molecule has 1 aromatic rings. The summed E-state index contributed by atoms with van der Waals surface area (Å²) in [4.78, 5) is 17.4. The number of carboxylic acid groups (broad SMARTS) is 1. The van der Waals surface area contributed by atoms with Crippen molar-refractivity contribution in [1.29, 1.82) is 0 Å². The number of hydrogen-bond acceptors (Lipinski definition) is 5. The number of hydrogen-bond donors (Lipinski definition) is 2. The van der Waals surface area contributed by atoms with E-state index in [1.54, 1.807) is 5.38 Å². The number of nitrogens with zero attached hydrogens (tertiary/aromatic N) is 2. The number of piperidine rings is 1. The lowest BCUT2D eigenvalue weighted by Gasteiger charge is -2.29. The van der Waals surface area contributed by atoms with Crippen LogP contribution in [0.15, 0.2) is 5.38 Å². The maximum atomic E-state index is 10.7. The van der Waals surface area contributed by atoms with Gasteiger partial charge in [-0.05, 0) is 32.9 Å². The topological polar surface area (TPSA) is 65.5 Å². The fourth-order valence-electron chi connectivity index (χ4n) is 2.54. The maximum absolute atomic E-state index is 10.7. The zero-order valence-corrected chi connectivity index (χ0v) is 12.8. The molecule has 1 saturated heterocycles. The van der Waals surface area contributed by atoms with E-state index in [1.807, 2.05) is 0 Å². The van der Waals surface area contributed by atoms with Crippen LogP contribution >= 0.6 is 11.3 Å². The van der Waals surface area contributed by atoms with Gasteiger partial charge in [0.25, 0.3) is 0 Å². The first kappa shape index (κ1) is 15.4. The molecule has 0 saturated carbocycles. The van der Waals surface area contributed by atoms with Crippen molar-refractivity contribution in [3.63, 3.8) is 0 Å². The van der Waals surface area contributed by atoms with Gasteiger partial charge in [0.2, 0.25) is 0 Å². The monoisotopic (exact) mass is 297 g/mol. The second-order valence-electron chi connectivity index (χ2n) is 5.40. The first-order valence-corrected chi connectivity index (χ1v) is 8.16. The van der Waals surface area contributed by atoms with Crippen molar-refractivity contribution in [3.05, 3.63) is 16.1 Å². The molecule has 2 heterocycles. The van der Waals surface area contributed by atoms with Crippen molar-refractivity contribution in [1.82, 2.24) is 15.2 Å². The average molecular weight is 297 g/mol. The number of carboxylic acids is 1. The highest BCUT2D eigenvalue weighted by molar-refractivity contribution is 7.09. The smallest absolute Gasteiger partial charge is 0.355 e. The summed E-state index contributed by atoms with van der Waals surface area (Å²) in [5.41, 5.74) is 0.159. The van der Waals surface area contributed by atoms with Crippen LogP contribution in [0.25, 0.3) is 0 Å². The summed E-state index contributed by atoms with van der Waals surface area (Å²) in [5.74, 6) is -0.945. The van der Waals surface area contributed by atoms with Crippen molar-refractivity contribution in [2.45, 2.75) is 38.6 Å². The Morgan fingerprint density at radius 3 is 2.90 bits per heavy atom. The van der Waals surface area contributed by atoms with Crippen LogP contribution in [0.3, 0.4) is 0 Å². The van der Waals surface area contributed by atoms with Crippen LogP contribution < -0.4 is 5.32 Å². The van der Waals surface area contributed by atoms with E-state index in [0.717, 1.165) is 24.5 Å². The van der Waals surface area contributed by atoms with Gasteiger partial charge in [-0.15, -0.1) is 11.3 Å². The van der Waals surface area contributed by atoms with Crippen molar-refractivity contribution >= 4 is 17.3 Å². The van der Waals surface area contributed by atoms with Gasteiger partial charge in [-0.2, -0.15) is 0 Å². The number of thiazole rings is 1. The minimum absolute atomic E-state index is 0.159. The largest absolute Gasteiger partial charge is 0.476 e. The Morgan fingerprint density at radius 2 is 2.25 bits per heavy atom. The summed E-state index contributed by atoms with van der Waals surface area (Å²) >= 11 is 1.42. The van der Waals surface area contributed by atoms with Crippen molar-refractivity contribution in [2.75, 3.05) is 26.2 Å². The Labute approximate surface area is 124 Å². The van der Waals surface area contributed by atoms with Gasteiger partial charge in [0.1, 0.15) is 0 Å². The Kier molecular flexibility index (Phi) is 5.94. The third-order valence-electron chi connectivity index (χ3n) is 3.58. The van der Waals surface area contributed by atoms with E-state index in [0.29, 0.717) is 6.04 Å². The van der Waals surface area contributed by atoms with Crippen LogP contribution in [0.5, 0.6) is 0 Å². The molecule has 0 bridgehead atoms. The van der Waals surface area contributed by atoms with Gasteiger partial charge >= 0.3 is 5.97 Å². The van der Waals surface area contributed by atoms with Gasteiger partial charge in [-0.3, -0.25) is 0 Å². The Morgan fingerprint density at radius 1 is 1.50 bits per heavy atom. The predicted octanol–water partition coefficient (Wildman–Crippen LogP) is 1.85. The number of aromatic carboxylic acids is 1. The first-order chi connectivity index (χ1) is 9.65. The number of carbonyl (C=O) groups is 1. The molecule has 0 aliphatic carbocycles. The third-order valence-corrected chi connectivity index (χ3v) is 4.49. The summed E-state index contributed by atoms with van der Waals surface area (Å²) in [6.45, 7) is 6.60. The zero-order chi connectivity index (χ0) is 14.4. The van der Waals surface area contributed by atoms with Gasteiger partial charge < -0.3 is 15.3 Å². The number of aromatic nitrogens is 1. The SMILES string of the molecule is C[C@H](CN1CCCCC1)NCCc1nc(C(=O)O)cs1. The number of likely N-dealkylation sites (tertiary alicyclic amines) is 1. The third kappa shape index (κ3) is 4.85. The van der Waals surface area contributed by atoms with E-state index in [2.05, 4.69) is 22.1 Å². The summed E-state index contributed by atoms with van der Waals surface area (Å²) in [6.07, 6.45) is 4.81. The predicted molar refractivity (Wildman–Crippen MR) is 80.5 cm³/mol. The molecule has 0 aromatic carbocycles. The van der Waals surface area contributed by atoms with E-state index in [4.69, 9.17) is 5.11 Å². The van der Waals surface area contributed by atoms with E-state index in [9.17, 15) is 4.79 Å². The van der Waals surface area contributed by atoms with Gasteiger partial charge in [0.05, 0.1) is 5.01 Å². The van der Waals surface area contributed by atoms with Crippen molar-refractivity contribution in [2.24, 2.45) is 0 Å². The van der Waals surface area contributed by atoms with Crippen molar-refractivity contribution in [3.8, 4) is 0 Å². The quantitative estimate of drug-likeness (QED) is 0.804. The lowest BCUT2D eigenvalue weighted by Crippen LogP contribution is -2.42. The molecular weight excluding hydrogens is 274 g/mol. The van der Waals surface area contributed by atoms with Gasteiger partial charge in [0, 0.05) is 30.9 Å². The molecule has 1 aromatic heterocycles. The van der Waals surface area contributed by atoms with Crippen LogP contribution in [-0.2, 0) is 6.42 Å². The Hall–Kier alpha value is -0.980. The van der Waals surface area contributed by atoms with Gasteiger partial charge in [-0.1, -0.05) is 6.42 Å². The van der Waals surface area contributed by atoms with Crippen LogP contribution in [-0.4, -0.2) is 53.2 Å². The van der Waals surface area contributed by atoms with Crippen LogP contribution in [0.2, 0.25) is 0 Å². The molecule has 1 aliphatic rings. The highest BCUT2D eigenvalue weighted by atomic mass is 32.1. The van der Waals surface area contributed by atoms with Gasteiger partial charge in [0.15, 0.2) is 5.69 Å². The molecule has 2 rings (SSSR count). The molecule has 2 N–H and O–H groups in total. The Bertz CT molecular complexity index is 430. The fraction of sp³-hybridized carbons (Fsp3) is 0.714. The van der Waals surface area contributed by atoms with Crippen molar-refractivity contribution < 1.29 is 9.90 Å². The molecule has 0 amide bonds. The molecule has 5 nitrogen and oxygen atoms in total. The summed E-state index contributed by atoms with van der Waals surface area (Å²) in [5, 5.41) is 14.8. The molecule has 6 heteroatoms. The Balaban J connectivity index is 1.65. The second-order valence-corrected chi connectivity index (χ2v) is 6.34. The molecule has 1 atom stereocenters. The number of nitrogens with one attached hydrogen (secondary N) is 1. The summed E-state index contributed by atoms with van der Waals surface area (Å²) < 4.78 is 0. The van der Waals surface area contributed by atoms with E-state index in [-0.39, 0.29) is 5.69 Å². The summed E-state index contributed by atoms with van der Waals surface area (Å²) in [7, 11) is 0. The lowest BCUT2D eigenvalue weighted by molar-refractivity contribution is 0.0691. The molecular formula is C14H23N3O2S. The maximum Gasteiger partial charge on any atom is 0.355 e. The molecule has 0 unspecified atom stereocenters. The molecule has 112 valence electrons. The van der Waals surface area contributed by atoms with Crippen LogP contribution in [0.4, 0.5) is 0 Å². The minimum Gasteiger partial charge on any atom is -0.476 e. The van der Waals surface area contributed by atoms with E-state index >= 15 is 0 Å². The number of rotatable bonds is 7. The summed E-state index contributed by atoms with van der Waals surface area (Å²) in [6, 6.07) is 0.465. The lowest BCUT2D eigenvalue weighted by atomic mass is 10.1. The average Bonchev–Trinajstić information content (AvgIpc) is 2.89. The standard InChI is InChI=1S/C14H23N3O2S/c1-11(9-17-7-3-2-4-8-17)15-6-5-13-16-12(10-20-13)14(18)19/h10-11,15H,2-9H2,1H3,(H,18,19)/t11-/m1/s1. The molecule has 1 fully saturated rings. The van der Waals surface area contributed by atoms with Crippen LogP contribution in [0.1, 0.15) is 41.7 Å². The minimum atomic E-state index is -0.945. The van der Waals surface area contributed by atoms with E-state index in [1.165, 1.54) is 43.7 Å². The highest BCUT2D eigenvalue weighted by Crippen LogP contribution is 2.11. The first-order valence-electron chi connectivity index (χ1n) is 7.28. The normalized spacial score (nSPS) is 18.1. The second kappa shape index (κ2) is 7.71. The molecule has 0 radical (unpaired) electrons. The molecule has 0 spiro atoms.